The zero-order valence-corrected chi connectivity index (χ0v) is 13.9. The first kappa shape index (κ1) is 16.0. The topological polar surface area (TPSA) is 59.5 Å². The minimum atomic E-state index is -0.337. The highest BCUT2D eigenvalue weighted by Crippen LogP contribution is 2.57. The Morgan fingerprint density at radius 2 is 1.74 bits per heavy atom. The molecule has 5 nitrogen and oxygen atoms in total. The quantitative estimate of drug-likeness (QED) is 0.801. The van der Waals surface area contributed by atoms with Crippen molar-refractivity contribution in [1.29, 1.82) is 0 Å². The molecular formula is C18H24N2O3. The van der Waals surface area contributed by atoms with Crippen molar-refractivity contribution in [1.82, 2.24) is 9.88 Å². The molecular weight excluding hydrogens is 292 g/mol. The summed E-state index contributed by atoms with van der Waals surface area (Å²) in [6, 6.07) is 5.75. The molecule has 0 aromatic carbocycles. The van der Waals surface area contributed by atoms with Crippen molar-refractivity contribution in [3.05, 3.63) is 30.1 Å². The number of ether oxygens (including phenoxy) is 1. The van der Waals surface area contributed by atoms with Gasteiger partial charge < -0.3 is 9.64 Å². The Labute approximate surface area is 137 Å². The number of pyridine rings is 1. The molecule has 3 aliphatic carbocycles. The number of hydrogen-bond donors (Lipinski definition) is 0. The Morgan fingerprint density at radius 1 is 1.13 bits per heavy atom. The van der Waals surface area contributed by atoms with Crippen molar-refractivity contribution in [3.8, 4) is 0 Å². The fraction of sp³-hybridized carbons (Fsp3) is 0.611. The Kier molecular flexibility index (Phi) is 4.13. The number of esters is 1. The highest BCUT2D eigenvalue weighted by Gasteiger charge is 2.56. The monoisotopic (exact) mass is 316 g/mol. The lowest BCUT2D eigenvalue weighted by molar-refractivity contribution is -0.169. The van der Waals surface area contributed by atoms with E-state index in [4.69, 9.17) is 4.74 Å². The van der Waals surface area contributed by atoms with Crippen LogP contribution in [0, 0.1) is 10.8 Å². The summed E-state index contributed by atoms with van der Waals surface area (Å²) in [5, 5.41) is 0. The third-order valence-corrected chi connectivity index (χ3v) is 5.79. The number of aromatic nitrogens is 1. The minimum absolute atomic E-state index is 0.0971. The Morgan fingerprint density at radius 3 is 2.26 bits per heavy atom. The van der Waals surface area contributed by atoms with Crippen molar-refractivity contribution in [2.24, 2.45) is 10.8 Å². The number of carbonyl (C=O) groups excluding carboxylic acids is 2. The van der Waals surface area contributed by atoms with E-state index in [-0.39, 0.29) is 22.7 Å². The van der Waals surface area contributed by atoms with Gasteiger partial charge in [-0.05, 0) is 50.7 Å². The van der Waals surface area contributed by atoms with Gasteiger partial charge in [0.05, 0.1) is 24.8 Å². The number of fused-ring (bicyclic) bond motifs is 3. The van der Waals surface area contributed by atoms with Crippen LogP contribution in [0.2, 0.25) is 0 Å². The predicted octanol–water partition coefficient (Wildman–Crippen LogP) is 2.55. The molecule has 0 radical (unpaired) electrons. The van der Waals surface area contributed by atoms with Gasteiger partial charge in [-0.3, -0.25) is 14.6 Å². The van der Waals surface area contributed by atoms with Gasteiger partial charge in [0, 0.05) is 18.7 Å². The van der Waals surface area contributed by atoms with E-state index >= 15 is 0 Å². The van der Waals surface area contributed by atoms with E-state index in [1.165, 1.54) is 7.11 Å². The zero-order valence-electron chi connectivity index (χ0n) is 13.9. The van der Waals surface area contributed by atoms with E-state index in [0.717, 1.165) is 44.2 Å². The Hall–Kier alpha value is -1.91. The first-order valence-corrected chi connectivity index (χ1v) is 8.25. The van der Waals surface area contributed by atoms with Crippen LogP contribution in [0.25, 0.3) is 0 Å². The second-order valence-corrected chi connectivity index (χ2v) is 7.03. The standard InChI is InChI=1S/C18H24N2O3/c1-20(13-14-5-3-4-12-19-14)15(21)17-6-9-18(10-7-17,11-8-17)16(22)23-2/h3-5,12H,6-11,13H2,1-2H3. The molecule has 0 atom stereocenters. The van der Waals surface area contributed by atoms with Crippen LogP contribution in [-0.4, -0.2) is 35.9 Å². The molecule has 0 spiro atoms. The molecule has 5 heteroatoms. The van der Waals surface area contributed by atoms with Gasteiger partial charge in [0.1, 0.15) is 0 Å². The summed E-state index contributed by atoms with van der Waals surface area (Å²) >= 11 is 0. The molecule has 2 bridgehead atoms. The van der Waals surface area contributed by atoms with Crippen LogP contribution in [-0.2, 0) is 20.9 Å². The molecule has 1 aromatic rings. The molecule has 3 saturated carbocycles. The second kappa shape index (κ2) is 5.95. The van der Waals surface area contributed by atoms with Crippen molar-refractivity contribution in [2.75, 3.05) is 14.2 Å². The molecule has 1 amide bonds. The average molecular weight is 316 g/mol. The largest absolute Gasteiger partial charge is 0.469 e. The second-order valence-electron chi connectivity index (χ2n) is 7.03. The van der Waals surface area contributed by atoms with Gasteiger partial charge in [-0.2, -0.15) is 0 Å². The van der Waals surface area contributed by atoms with E-state index < -0.39 is 0 Å². The molecule has 1 heterocycles. The first-order chi connectivity index (χ1) is 11.0. The summed E-state index contributed by atoms with van der Waals surface area (Å²) in [7, 11) is 3.31. The van der Waals surface area contributed by atoms with Crippen LogP contribution in [0.3, 0.4) is 0 Å². The lowest BCUT2D eigenvalue weighted by Crippen LogP contribution is -2.52. The van der Waals surface area contributed by atoms with Crippen LogP contribution in [0.4, 0.5) is 0 Å². The van der Waals surface area contributed by atoms with Gasteiger partial charge in [-0.1, -0.05) is 6.07 Å². The molecule has 23 heavy (non-hydrogen) atoms. The molecule has 4 rings (SSSR count). The van der Waals surface area contributed by atoms with Crippen LogP contribution in [0.5, 0.6) is 0 Å². The minimum Gasteiger partial charge on any atom is -0.469 e. The summed E-state index contributed by atoms with van der Waals surface area (Å²) < 4.78 is 4.99. The highest BCUT2D eigenvalue weighted by molar-refractivity contribution is 5.85. The van der Waals surface area contributed by atoms with Crippen molar-refractivity contribution < 1.29 is 14.3 Å². The smallest absolute Gasteiger partial charge is 0.311 e. The third-order valence-electron chi connectivity index (χ3n) is 5.79. The molecule has 0 N–H and O–H groups in total. The summed E-state index contributed by atoms with van der Waals surface area (Å²) in [5.41, 5.74) is 0.269. The lowest BCUT2D eigenvalue weighted by atomic mass is 9.53. The number of amides is 1. The fourth-order valence-corrected chi connectivity index (χ4v) is 4.24. The van der Waals surface area contributed by atoms with Gasteiger partial charge in [0.2, 0.25) is 5.91 Å². The molecule has 1 aromatic heterocycles. The van der Waals surface area contributed by atoms with Gasteiger partial charge in [0.15, 0.2) is 0 Å². The lowest BCUT2D eigenvalue weighted by Gasteiger charge is -2.51. The van der Waals surface area contributed by atoms with Crippen molar-refractivity contribution in [2.45, 2.75) is 45.1 Å². The molecule has 3 aliphatic rings. The summed E-state index contributed by atoms with van der Waals surface area (Å²) in [5.74, 6) is 0.0985. The maximum atomic E-state index is 13.0. The van der Waals surface area contributed by atoms with Crippen molar-refractivity contribution in [3.63, 3.8) is 0 Å². The van der Waals surface area contributed by atoms with E-state index in [1.54, 1.807) is 11.1 Å². The number of carbonyl (C=O) groups is 2. The molecule has 0 saturated heterocycles. The summed E-state index contributed by atoms with van der Waals surface area (Å²) in [4.78, 5) is 31.2. The van der Waals surface area contributed by atoms with Gasteiger partial charge in [0.25, 0.3) is 0 Å². The maximum Gasteiger partial charge on any atom is 0.311 e. The maximum absolute atomic E-state index is 13.0. The highest BCUT2D eigenvalue weighted by atomic mass is 16.5. The number of nitrogens with zero attached hydrogens (tertiary/aromatic N) is 2. The normalized spacial score (nSPS) is 29.1. The Balaban J connectivity index is 1.68. The number of methoxy groups -OCH3 is 1. The van der Waals surface area contributed by atoms with Crippen LogP contribution >= 0.6 is 0 Å². The summed E-state index contributed by atoms with van der Waals surface area (Å²) in [6.07, 6.45) is 6.40. The van der Waals surface area contributed by atoms with Crippen molar-refractivity contribution >= 4 is 11.9 Å². The summed E-state index contributed by atoms with van der Waals surface area (Å²) in [6.45, 7) is 0.531. The number of rotatable bonds is 4. The van der Waals surface area contributed by atoms with Gasteiger partial charge >= 0.3 is 5.97 Å². The Bertz CT molecular complexity index is 575. The van der Waals surface area contributed by atoms with Crippen LogP contribution in [0.1, 0.15) is 44.2 Å². The van der Waals surface area contributed by atoms with E-state index in [0.29, 0.717) is 6.54 Å². The molecule has 3 fully saturated rings. The van der Waals surface area contributed by atoms with E-state index in [1.807, 2.05) is 25.2 Å². The van der Waals surface area contributed by atoms with Crippen LogP contribution in [0.15, 0.2) is 24.4 Å². The molecule has 0 unspecified atom stereocenters. The number of hydrogen-bond acceptors (Lipinski definition) is 4. The van der Waals surface area contributed by atoms with Gasteiger partial charge in [-0.15, -0.1) is 0 Å². The van der Waals surface area contributed by atoms with Gasteiger partial charge in [-0.25, -0.2) is 0 Å². The zero-order chi connectivity index (χ0) is 16.5. The van der Waals surface area contributed by atoms with Crippen LogP contribution < -0.4 is 0 Å². The average Bonchev–Trinajstić information content (AvgIpc) is 2.62. The van der Waals surface area contributed by atoms with E-state index in [9.17, 15) is 9.59 Å². The van der Waals surface area contributed by atoms with E-state index in [2.05, 4.69) is 4.98 Å². The molecule has 0 aliphatic heterocycles. The predicted molar refractivity (Wildman–Crippen MR) is 85.3 cm³/mol. The fourth-order valence-electron chi connectivity index (χ4n) is 4.24. The first-order valence-electron chi connectivity index (χ1n) is 8.25. The molecule has 124 valence electrons. The third kappa shape index (κ3) is 2.73. The SMILES string of the molecule is COC(=O)C12CCC(C(=O)N(C)Cc3ccccn3)(CC1)CC2.